The molecule has 0 aliphatic heterocycles. The first kappa shape index (κ1) is 12.5. The van der Waals surface area contributed by atoms with E-state index in [2.05, 4.69) is 25.9 Å². The Bertz CT molecular complexity index is 754. The number of nitrogens with one attached hydrogen (secondary N) is 1. The van der Waals surface area contributed by atoms with Gasteiger partial charge in [-0.3, -0.25) is 0 Å². The van der Waals surface area contributed by atoms with Gasteiger partial charge >= 0.3 is 0 Å². The van der Waals surface area contributed by atoms with E-state index in [1.807, 2.05) is 36.4 Å². The van der Waals surface area contributed by atoms with Crippen LogP contribution in [-0.4, -0.2) is 17.1 Å². The van der Waals surface area contributed by atoms with Gasteiger partial charge in [-0.05, 0) is 24.3 Å². The normalized spacial score (nSPS) is 10.9. The molecule has 3 nitrogen and oxygen atoms in total. The number of imidazole rings is 1. The number of hydrogen-bond donors (Lipinski definition) is 1. The minimum absolute atomic E-state index is 0.620. The van der Waals surface area contributed by atoms with Crippen molar-refractivity contribution in [3.63, 3.8) is 0 Å². The molecule has 0 aliphatic rings. The lowest BCUT2D eigenvalue weighted by molar-refractivity contribution is 0.415. The van der Waals surface area contributed by atoms with Crippen LogP contribution in [0, 0.1) is 0 Å². The topological polar surface area (TPSA) is 37.9 Å². The summed E-state index contributed by atoms with van der Waals surface area (Å²) in [5, 5.41) is 0.620. The summed E-state index contributed by atoms with van der Waals surface area (Å²) >= 11 is 9.60. The van der Waals surface area contributed by atoms with Crippen molar-refractivity contribution < 1.29 is 4.74 Å². The maximum atomic E-state index is 6.18. The lowest BCUT2D eigenvalue weighted by Crippen LogP contribution is -1.84. The standard InChI is InChI=1S/C14H10BrClN2O/c1-19-10-4-2-3-8(5-10)14-17-12-7-9(15)6-11(16)13(12)18-14/h2-7H,1H3,(H,17,18). The number of H-pyrrole nitrogens is 1. The van der Waals surface area contributed by atoms with E-state index in [1.165, 1.54) is 0 Å². The molecule has 1 aromatic heterocycles. The highest BCUT2D eigenvalue weighted by Gasteiger charge is 2.09. The lowest BCUT2D eigenvalue weighted by atomic mass is 10.2. The molecule has 1 heterocycles. The number of rotatable bonds is 2. The fourth-order valence-electron chi connectivity index (χ4n) is 1.95. The zero-order valence-electron chi connectivity index (χ0n) is 10.1. The number of nitrogens with zero attached hydrogens (tertiary/aromatic N) is 1. The number of aromatic nitrogens is 2. The molecule has 19 heavy (non-hydrogen) atoms. The van der Waals surface area contributed by atoms with Crippen molar-refractivity contribution in [2.45, 2.75) is 0 Å². The highest BCUT2D eigenvalue weighted by Crippen LogP contribution is 2.30. The number of benzene rings is 2. The molecule has 5 heteroatoms. The zero-order chi connectivity index (χ0) is 13.4. The van der Waals surface area contributed by atoms with Crippen LogP contribution in [0.1, 0.15) is 0 Å². The van der Waals surface area contributed by atoms with E-state index >= 15 is 0 Å². The van der Waals surface area contributed by atoms with Crippen molar-refractivity contribution in [1.29, 1.82) is 0 Å². The maximum Gasteiger partial charge on any atom is 0.138 e. The van der Waals surface area contributed by atoms with E-state index in [4.69, 9.17) is 16.3 Å². The van der Waals surface area contributed by atoms with Crippen LogP contribution >= 0.6 is 27.5 Å². The number of hydrogen-bond acceptors (Lipinski definition) is 2. The average Bonchev–Trinajstić information content (AvgIpc) is 2.83. The van der Waals surface area contributed by atoms with Crippen molar-refractivity contribution >= 4 is 38.6 Å². The minimum Gasteiger partial charge on any atom is -0.497 e. The Balaban J connectivity index is 2.17. The first-order chi connectivity index (χ1) is 9.17. The molecule has 0 unspecified atom stereocenters. The fourth-order valence-corrected chi connectivity index (χ4v) is 2.80. The van der Waals surface area contributed by atoms with Gasteiger partial charge < -0.3 is 9.72 Å². The lowest BCUT2D eigenvalue weighted by Gasteiger charge is -2.01. The summed E-state index contributed by atoms with van der Waals surface area (Å²) in [6.07, 6.45) is 0. The number of methoxy groups -OCH3 is 1. The molecule has 0 saturated carbocycles. The molecule has 1 N–H and O–H groups in total. The number of fused-ring (bicyclic) bond motifs is 1. The van der Waals surface area contributed by atoms with Crippen LogP contribution in [0.5, 0.6) is 5.75 Å². The summed E-state index contributed by atoms with van der Waals surface area (Å²) < 4.78 is 6.14. The molecule has 0 bridgehead atoms. The van der Waals surface area contributed by atoms with Crippen molar-refractivity contribution in [3.8, 4) is 17.1 Å². The quantitative estimate of drug-likeness (QED) is 0.739. The third-order valence-corrected chi connectivity index (χ3v) is 3.59. The molecule has 3 aromatic rings. The Hall–Kier alpha value is -1.52. The highest BCUT2D eigenvalue weighted by atomic mass is 79.9. The second kappa shape index (κ2) is 4.87. The fraction of sp³-hybridized carbons (Fsp3) is 0.0714. The number of halogens is 2. The van der Waals surface area contributed by atoms with Gasteiger partial charge in [0.2, 0.25) is 0 Å². The monoisotopic (exact) mass is 336 g/mol. The summed E-state index contributed by atoms with van der Waals surface area (Å²) in [6.45, 7) is 0. The summed E-state index contributed by atoms with van der Waals surface area (Å²) in [6, 6.07) is 11.5. The van der Waals surface area contributed by atoms with E-state index < -0.39 is 0 Å². The van der Waals surface area contributed by atoms with Crippen molar-refractivity contribution in [2.75, 3.05) is 7.11 Å². The molecule has 96 valence electrons. The Morgan fingerprint density at radius 1 is 1.26 bits per heavy atom. The number of aromatic amines is 1. The third-order valence-electron chi connectivity index (χ3n) is 2.85. The van der Waals surface area contributed by atoms with Crippen molar-refractivity contribution in [3.05, 3.63) is 45.9 Å². The van der Waals surface area contributed by atoms with Gasteiger partial charge in [0.05, 0.1) is 17.6 Å². The van der Waals surface area contributed by atoms with Crippen LogP contribution in [0.2, 0.25) is 5.02 Å². The predicted octanol–water partition coefficient (Wildman–Crippen LogP) is 4.65. The minimum atomic E-state index is 0.620. The first-order valence-electron chi connectivity index (χ1n) is 5.66. The van der Waals surface area contributed by atoms with Gasteiger partial charge in [-0.15, -0.1) is 0 Å². The van der Waals surface area contributed by atoms with E-state index in [1.54, 1.807) is 7.11 Å². The molecule has 0 radical (unpaired) electrons. The molecule has 0 fully saturated rings. The van der Waals surface area contributed by atoms with Gasteiger partial charge in [-0.2, -0.15) is 0 Å². The second-order valence-electron chi connectivity index (χ2n) is 4.10. The van der Waals surface area contributed by atoms with Gasteiger partial charge in [-0.25, -0.2) is 4.98 Å². The summed E-state index contributed by atoms with van der Waals surface area (Å²) in [5.41, 5.74) is 2.63. The molecule has 0 spiro atoms. The van der Waals surface area contributed by atoms with Crippen molar-refractivity contribution in [1.82, 2.24) is 9.97 Å². The van der Waals surface area contributed by atoms with Gasteiger partial charge in [0.15, 0.2) is 0 Å². The largest absolute Gasteiger partial charge is 0.497 e. The summed E-state index contributed by atoms with van der Waals surface area (Å²) in [7, 11) is 1.64. The Morgan fingerprint density at radius 2 is 2.11 bits per heavy atom. The van der Waals surface area contributed by atoms with E-state index in [9.17, 15) is 0 Å². The highest BCUT2D eigenvalue weighted by molar-refractivity contribution is 9.10. The second-order valence-corrected chi connectivity index (χ2v) is 5.42. The van der Waals surface area contributed by atoms with Crippen molar-refractivity contribution in [2.24, 2.45) is 0 Å². The molecule has 0 amide bonds. The molecule has 0 atom stereocenters. The summed E-state index contributed by atoms with van der Waals surface area (Å²) in [4.78, 5) is 7.80. The molecule has 3 rings (SSSR count). The van der Waals surface area contributed by atoms with Gasteiger partial charge in [0, 0.05) is 10.0 Å². The maximum absolute atomic E-state index is 6.18. The average molecular weight is 338 g/mol. The Kier molecular flexibility index (Phi) is 3.21. The van der Waals surface area contributed by atoms with Crippen LogP contribution in [0.15, 0.2) is 40.9 Å². The zero-order valence-corrected chi connectivity index (χ0v) is 12.4. The Labute approximate surface area is 123 Å². The first-order valence-corrected chi connectivity index (χ1v) is 6.83. The smallest absolute Gasteiger partial charge is 0.138 e. The molecular weight excluding hydrogens is 328 g/mol. The van der Waals surface area contributed by atoms with Crippen LogP contribution < -0.4 is 4.74 Å². The van der Waals surface area contributed by atoms with Gasteiger partial charge in [0.1, 0.15) is 17.1 Å². The molecule has 0 aliphatic carbocycles. The van der Waals surface area contributed by atoms with E-state index in [-0.39, 0.29) is 0 Å². The van der Waals surface area contributed by atoms with Gasteiger partial charge in [-0.1, -0.05) is 39.7 Å². The van der Waals surface area contributed by atoms with E-state index in [0.29, 0.717) is 5.02 Å². The molecule has 2 aromatic carbocycles. The van der Waals surface area contributed by atoms with Crippen LogP contribution in [0.3, 0.4) is 0 Å². The van der Waals surface area contributed by atoms with Crippen LogP contribution in [0.25, 0.3) is 22.4 Å². The summed E-state index contributed by atoms with van der Waals surface area (Å²) in [5.74, 6) is 1.57. The van der Waals surface area contributed by atoms with E-state index in [0.717, 1.165) is 32.6 Å². The third kappa shape index (κ3) is 2.33. The van der Waals surface area contributed by atoms with Gasteiger partial charge in [0.25, 0.3) is 0 Å². The molecule has 0 saturated heterocycles. The Morgan fingerprint density at radius 3 is 2.89 bits per heavy atom. The SMILES string of the molecule is COc1cccc(-c2nc3c(Cl)cc(Br)cc3[nH]2)c1. The number of ether oxygens (including phenoxy) is 1. The van der Waals surface area contributed by atoms with Crippen LogP contribution in [0.4, 0.5) is 0 Å². The molecular formula is C14H10BrClN2O. The van der Waals surface area contributed by atoms with Crippen LogP contribution in [-0.2, 0) is 0 Å². The predicted molar refractivity (Wildman–Crippen MR) is 80.8 cm³/mol.